The third-order valence-corrected chi connectivity index (χ3v) is 3.66. The second-order valence-electron chi connectivity index (χ2n) is 6.31. The molecule has 2 N–H and O–H groups in total. The lowest BCUT2D eigenvalue weighted by Crippen LogP contribution is -2.26. The van der Waals surface area contributed by atoms with Gasteiger partial charge in [0.05, 0.1) is 0 Å². The molecular formula is C18H22N2O3. The minimum absolute atomic E-state index is 0.118. The minimum Gasteiger partial charge on any atom is -0.378 e. The molecule has 1 aromatic heterocycles. The molecule has 1 aromatic rings. The Kier molecular flexibility index (Phi) is 4.49. The van der Waals surface area contributed by atoms with Gasteiger partial charge in [-0.3, -0.25) is 9.59 Å². The van der Waals surface area contributed by atoms with E-state index in [0.717, 1.165) is 5.57 Å². The van der Waals surface area contributed by atoms with E-state index in [4.69, 9.17) is 0 Å². The maximum Gasteiger partial charge on any atom is 0.254 e. The van der Waals surface area contributed by atoms with Crippen LogP contribution in [0.2, 0.25) is 0 Å². The smallest absolute Gasteiger partial charge is 0.254 e. The van der Waals surface area contributed by atoms with E-state index in [-0.39, 0.29) is 11.5 Å². The molecule has 0 atom stereocenters. The average Bonchev–Trinajstić information content (AvgIpc) is 2.78. The summed E-state index contributed by atoms with van der Waals surface area (Å²) < 4.78 is 1.47. The van der Waals surface area contributed by atoms with E-state index >= 15 is 0 Å². The molecule has 0 unspecified atom stereocenters. The van der Waals surface area contributed by atoms with Gasteiger partial charge in [0, 0.05) is 48.5 Å². The van der Waals surface area contributed by atoms with Gasteiger partial charge in [-0.05, 0) is 27.7 Å². The van der Waals surface area contributed by atoms with Crippen LogP contribution in [0.25, 0.3) is 5.57 Å². The Hall–Kier alpha value is -2.32. The summed E-state index contributed by atoms with van der Waals surface area (Å²) in [6, 6.07) is 0. The standard InChI is InChI=1S/C18H22N2O3/c1-6-19-16(21)14-11(2)9-13-15(14)12(7-8-18(3,4)23)10-20(5)17(13)22/h10,23H,6,9H2,1-5H3,(H,19,21). The van der Waals surface area contributed by atoms with Crippen molar-refractivity contribution in [1.29, 1.82) is 0 Å². The Morgan fingerprint density at radius 1 is 1.48 bits per heavy atom. The van der Waals surface area contributed by atoms with Crippen LogP contribution in [-0.2, 0) is 18.3 Å². The second kappa shape index (κ2) is 6.05. The number of fused-ring (bicyclic) bond motifs is 1. The molecule has 122 valence electrons. The van der Waals surface area contributed by atoms with Crippen molar-refractivity contribution < 1.29 is 9.90 Å². The molecule has 1 amide bonds. The molecule has 0 fully saturated rings. The molecule has 0 saturated carbocycles. The van der Waals surface area contributed by atoms with E-state index in [2.05, 4.69) is 17.2 Å². The predicted molar refractivity (Wildman–Crippen MR) is 89.8 cm³/mol. The fraction of sp³-hybridized carbons (Fsp3) is 0.444. The fourth-order valence-corrected chi connectivity index (χ4v) is 2.69. The first-order valence-electron chi connectivity index (χ1n) is 7.62. The SMILES string of the molecule is CCNC(=O)C1=C(C)Cc2c1c(C#CC(C)(C)O)cn(C)c2=O. The third kappa shape index (κ3) is 3.38. The maximum absolute atomic E-state index is 12.4. The van der Waals surface area contributed by atoms with Crippen molar-refractivity contribution in [3.8, 4) is 11.8 Å². The number of hydrogen-bond donors (Lipinski definition) is 2. The van der Waals surface area contributed by atoms with Gasteiger partial charge in [-0.2, -0.15) is 0 Å². The van der Waals surface area contributed by atoms with Gasteiger partial charge in [-0.25, -0.2) is 0 Å². The molecule has 0 saturated heterocycles. The Morgan fingerprint density at radius 2 is 2.13 bits per heavy atom. The molecule has 5 heteroatoms. The summed E-state index contributed by atoms with van der Waals surface area (Å²) in [6.07, 6.45) is 2.07. The van der Waals surface area contributed by atoms with E-state index in [0.29, 0.717) is 35.2 Å². The quantitative estimate of drug-likeness (QED) is 0.799. The second-order valence-corrected chi connectivity index (χ2v) is 6.31. The molecule has 0 radical (unpaired) electrons. The number of allylic oxidation sites excluding steroid dienone is 1. The minimum atomic E-state index is -1.15. The highest BCUT2D eigenvalue weighted by atomic mass is 16.3. The van der Waals surface area contributed by atoms with E-state index in [1.165, 1.54) is 4.57 Å². The molecule has 1 aliphatic rings. The highest BCUT2D eigenvalue weighted by Gasteiger charge is 2.29. The molecule has 5 nitrogen and oxygen atoms in total. The van der Waals surface area contributed by atoms with E-state index < -0.39 is 5.60 Å². The van der Waals surface area contributed by atoms with Gasteiger partial charge in [0.1, 0.15) is 5.60 Å². The van der Waals surface area contributed by atoms with Crippen LogP contribution in [0.4, 0.5) is 0 Å². The van der Waals surface area contributed by atoms with Crippen molar-refractivity contribution in [3.63, 3.8) is 0 Å². The van der Waals surface area contributed by atoms with Gasteiger partial charge in [0.25, 0.3) is 11.5 Å². The van der Waals surface area contributed by atoms with Crippen LogP contribution in [0.3, 0.4) is 0 Å². The topological polar surface area (TPSA) is 71.3 Å². The molecule has 1 aliphatic carbocycles. The first-order valence-corrected chi connectivity index (χ1v) is 7.62. The monoisotopic (exact) mass is 314 g/mol. The highest BCUT2D eigenvalue weighted by Crippen LogP contribution is 2.33. The van der Waals surface area contributed by atoms with Crippen LogP contribution in [0.5, 0.6) is 0 Å². The van der Waals surface area contributed by atoms with Crippen molar-refractivity contribution in [2.45, 2.75) is 39.7 Å². The molecule has 2 rings (SSSR count). The largest absolute Gasteiger partial charge is 0.378 e. The van der Waals surface area contributed by atoms with Crippen molar-refractivity contribution in [3.05, 3.63) is 38.8 Å². The van der Waals surface area contributed by atoms with Gasteiger partial charge in [0.2, 0.25) is 0 Å². The van der Waals surface area contributed by atoms with Crippen LogP contribution in [-0.4, -0.2) is 27.7 Å². The summed E-state index contributed by atoms with van der Waals surface area (Å²) in [7, 11) is 1.66. The lowest BCUT2D eigenvalue weighted by atomic mass is 9.99. The number of carbonyl (C=O) groups excluding carboxylic acids is 1. The Bertz CT molecular complexity index is 812. The van der Waals surface area contributed by atoms with Gasteiger partial charge in [-0.1, -0.05) is 17.4 Å². The zero-order valence-electron chi connectivity index (χ0n) is 14.2. The van der Waals surface area contributed by atoms with E-state index in [1.807, 2.05) is 13.8 Å². The van der Waals surface area contributed by atoms with Crippen LogP contribution < -0.4 is 10.9 Å². The molecular weight excluding hydrogens is 292 g/mol. The first kappa shape index (κ1) is 17.0. The Labute approximate surface area is 136 Å². The van der Waals surface area contributed by atoms with E-state index in [1.54, 1.807) is 27.1 Å². The number of aryl methyl sites for hydroxylation is 1. The summed E-state index contributed by atoms with van der Waals surface area (Å²) in [5.41, 5.74) is 1.90. The third-order valence-electron chi connectivity index (χ3n) is 3.66. The molecule has 1 heterocycles. The van der Waals surface area contributed by atoms with Crippen molar-refractivity contribution >= 4 is 11.5 Å². The summed E-state index contributed by atoms with van der Waals surface area (Å²) in [6.45, 7) is 7.41. The molecule has 0 aliphatic heterocycles. The van der Waals surface area contributed by atoms with Crippen molar-refractivity contribution in [2.75, 3.05) is 6.54 Å². The zero-order chi connectivity index (χ0) is 17.4. The highest BCUT2D eigenvalue weighted by molar-refractivity contribution is 6.22. The summed E-state index contributed by atoms with van der Waals surface area (Å²) in [5.74, 6) is 5.49. The number of rotatable bonds is 2. The summed E-state index contributed by atoms with van der Waals surface area (Å²) in [5, 5.41) is 12.6. The van der Waals surface area contributed by atoms with Crippen LogP contribution >= 0.6 is 0 Å². The number of nitrogens with zero attached hydrogens (tertiary/aromatic N) is 1. The number of pyridine rings is 1. The predicted octanol–water partition coefficient (Wildman–Crippen LogP) is 0.973. The van der Waals surface area contributed by atoms with Crippen molar-refractivity contribution in [2.24, 2.45) is 7.05 Å². The molecule has 0 bridgehead atoms. The van der Waals surface area contributed by atoms with Gasteiger partial charge in [-0.15, -0.1) is 0 Å². The maximum atomic E-state index is 12.4. The summed E-state index contributed by atoms with van der Waals surface area (Å²) >= 11 is 0. The lowest BCUT2D eigenvalue weighted by molar-refractivity contribution is -0.115. The number of amides is 1. The van der Waals surface area contributed by atoms with Gasteiger partial charge >= 0.3 is 0 Å². The van der Waals surface area contributed by atoms with E-state index in [9.17, 15) is 14.7 Å². The van der Waals surface area contributed by atoms with Crippen LogP contribution in [0.15, 0.2) is 16.6 Å². The fourth-order valence-electron chi connectivity index (χ4n) is 2.69. The number of hydrogen-bond acceptors (Lipinski definition) is 3. The Morgan fingerprint density at radius 3 is 2.70 bits per heavy atom. The van der Waals surface area contributed by atoms with Crippen molar-refractivity contribution in [1.82, 2.24) is 9.88 Å². The summed E-state index contributed by atoms with van der Waals surface area (Å²) in [4.78, 5) is 24.8. The van der Waals surface area contributed by atoms with Gasteiger partial charge < -0.3 is 15.0 Å². The number of aromatic nitrogens is 1. The van der Waals surface area contributed by atoms with Crippen LogP contribution in [0, 0.1) is 11.8 Å². The first-order chi connectivity index (χ1) is 10.7. The molecule has 23 heavy (non-hydrogen) atoms. The normalized spacial score (nSPS) is 13.5. The van der Waals surface area contributed by atoms with Crippen LogP contribution in [0.1, 0.15) is 44.4 Å². The molecule has 0 spiro atoms. The number of aliphatic hydroxyl groups is 1. The lowest BCUT2D eigenvalue weighted by Gasteiger charge is -2.11. The number of likely N-dealkylation sites (N-methyl/N-ethyl adjacent to an activating group) is 1. The number of nitrogens with one attached hydrogen (secondary N) is 1. The Balaban J connectivity index is 2.70. The zero-order valence-corrected chi connectivity index (χ0v) is 14.2. The number of carbonyl (C=O) groups is 1. The average molecular weight is 314 g/mol. The molecule has 0 aromatic carbocycles. The van der Waals surface area contributed by atoms with Gasteiger partial charge in [0.15, 0.2) is 0 Å².